The van der Waals surface area contributed by atoms with Gasteiger partial charge in [-0.15, -0.1) is 11.3 Å². The Kier molecular flexibility index (Phi) is 5.90. The van der Waals surface area contributed by atoms with Crippen molar-refractivity contribution in [2.45, 2.75) is 6.42 Å². The van der Waals surface area contributed by atoms with Crippen molar-refractivity contribution in [3.05, 3.63) is 41.9 Å². The van der Waals surface area contributed by atoms with Gasteiger partial charge in [-0.25, -0.2) is 9.78 Å². The number of anilines is 1. The number of carbonyl (C=O) groups is 1. The first kappa shape index (κ1) is 16.6. The van der Waals surface area contributed by atoms with Crippen LogP contribution in [0.2, 0.25) is 0 Å². The Hall–Kier alpha value is -2.28. The van der Waals surface area contributed by atoms with Crippen LogP contribution in [0.15, 0.2) is 41.9 Å². The Bertz CT molecular complexity index is 613. The predicted molar refractivity (Wildman–Crippen MR) is 95.9 cm³/mol. The van der Waals surface area contributed by atoms with Gasteiger partial charge in [0.15, 0.2) is 5.13 Å². The molecule has 0 unspecified atom stereocenters. The highest BCUT2D eigenvalue weighted by Crippen LogP contribution is 2.18. The number of aromatic nitrogens is 1. The summed E-state index contributed by atoms with van der Waals surface area (Å²) >= 11 is 1.64. The van der Waals surface area contributed by atoms with Crippen LogP contribution in [0.3, 0.4) is 0 Å². The van der Waals surface area contributed by atoms with E-state index in [0.717, 1.165) is 43.5 Å². The minimum Gasteiger partial charge on any atom is -0.494 e. The fourth-order valence-corrected chi connectivity index (χ4v) is 3.26. The first-order chi connectivity index (χ1) is 11.8. The Morgan fingerprint density at radius 2 is 2.00 bits per heavy atom. The second-order valence-electron chi connectivity index (χ2n) is 5.54. The van der Waals surface area contributed by atoms with Crippen molar-refractivity contribution >= 4 is 22.5 Å². The van der Waals surface area contributed by atoms with Gasteiger partial charge in [0.05, 0.1) is 6.61 Å². The lowest BCUT2D eigenvalue weighted by atomic mass is 10.3. The highest BCUT2D eigenvalue weighted by Gasteiger charge is 2.21. The van der Waals surface area contributed by atoms with Gasteiger partial charge in [0, 0.05) is 44.3 Å². The molecule has 2 heterocycles. The summed E-state index contributed by atoms with van der Waals surface area (Å²) in [5.74, 6) is 0.863. The summed E-state index contributed by atoms with van der Waals surface area (Å²) in [4.78, 5) is 20.6. The van der Waals surface area contributed by atoms with E-state index in [2.05, 4.69) is 15.2 Å². The van der Waals surface area contributed by atoms with Gasteiger partial charge in [-0.1, -0.05) is 18.2 Å². The summed E-state index contributed by atoms with van der Waals surface area (Å²) in [7, 11) is 0. The summed E-state index contributed by atoms with van der Waals surface area (Å²) in [5.41, 5.74) is 0. The second-order valence-corrected chi connectivity index (χ2v) is 6.41. The second kappa shape index (κ2) is 8.54. The average Bonchev–Trinajstić information content (AvgIpc) is 3.17. The average molecular weight is 346 g/mol. The largest absolute Gasteiger partial charge is 0.494 e. The number of nitrogens with one attached hydrogen (secondary N) is 1. The molecule has 1 aromatic carbocycles. The number of benzene rings is 1. The van der Waals surface area contributed by atoms with E-state index in [-0.39, 0.29) is 6.03 Å². The molecule has 0 aliphatic carbocycles. The number of nitrogens with zero attached hydrogens (tertiary/aromatic N) is 3. The van der Waals surface area contributed by atoms with E-state index in [9.17, 15) is 4.79 Å². The monoisotopic (exact) mass is 346 g/mol. The first-order valence-corrected chi connectivity index (χ1v) is 9.06. The zero-order valence-corrected chi connectivity index (χ0v) is 14.4. The summed E-state index contributed by atoms with van der Waals surface area (Å²) < 4.78 is 5.61. The number of hydrogen-bond donors (Lipinski definition) is 1. The fourth-order valence-electron chi connectivity index (χ4n) is 2.56. The van der Waals surface area contributed by atoms with E-state index < -0.39 is 0 Å². The van der Waals surface area contributed by atoms with Crippen LogP contribution in [-0.4, -0.2) is 55.2 Å². The maximum absolute atomic E-state index is 12.2. The third-order valence-electron chi connectivity index (χ3n) is 3.87. The molecule has 7 heteroatoms. The lowest BCUT2D eigenvalue weighted by Gasteiger charge is -2.34. The van der Waals surface area contributed by atoms with Crippen molar-refractivity contribution < 1.29 is 9.53 Å². The van der Waals surface area contributed by atoms with E-state index in [1.165, 1.54) is 0 Å². The van der Waals surface area contributed by atoms with Crippen molar-refractivity contribution in [1.82, 2.24) is 15.2 Å². The van der Waals surface area contributed by atoms with Crippen LogP contribution in [0.1, 0.15) is 6.42 Å². The predicted octanol–water partition coefficient (Wildman–Crippen LogP) is 2.44. The van der Waals surface area contributed by atoms with E-state index in [1.54, 1.807) is 11.3 Å². The number of piperazine rings is 1. The molecule has 0 bridgehead atoms. The zero-order valence-electron chi connectivity index (χ0n) is 13.6. The molecule has 1 fully saturated rings. The van der Waals surface area contributed by atoms with E-state index in [4.69, 9.17) is 4.74 Å². The number of ether oxygens (including phenoxy) is 1. The zero-order chi connectivity index (χ0) is 16.6. The minimum atomic E-state index is 0.00787. The van der Waals surface area contributed by atoms with Crippen LogP contribution in [-0.2, 0) is 0 Å². The van der Waals surface area contributed by atoms with Crippen LogP contribution in [0, 0.1) is 0 Å². The number of hydrogen-bond acceptors (Lipinski definition) is 5. The van der Waals surface area contributed by atoms with Gasteiger partial charge in [-0.3, -0.25) is 0 Å². The highest BCUT2D eigenvalue weighted by molar-refractivity contribution is 7.13. The Labute approximate surface area is 146 Å². The molecule has 1 N–H and O–H groups in total. The number of urea groups is 1. The molecule has 2 aromatic rings. The third kappa shape index (κ3) is 4.61. The molecule has 2 amide bonds. The number of rotatable bonds is 6. The Balaban J connectivity index is 1.30. The lowest BCUT2D eigenvalue weighted by Crippen LogP contribution is -2.52. The van der Waals surface area contributed by atoms with E-state index in [0.29, 0.717) is 13.2 Å². The van der Waals surface area contributed by atoms with E-state index in [1.807, 2.05) is 46.8 Å². The highest BCUT2D eigenvalue weighted by atomic mass is 32.1. The Morgan fingerprint density at radius 1 is 1.21 bits per heavy atom. The summed E-state index contributed by atoms with van der Waals surface area (Å²) in [5, 5.41) is 5.98. The lowest BCUT2D eigenvalue weighted by molar-refractivity contribution is 0.193. The maximum atomic E-state index is 12.2. The molecule has 0 atom stereocenters. The maximum Gasteiger partial charge on any atom is 0.317 e. The van der Waals surface area contributed by atoms with Crippen molar-refractivity contribution in [3.63, 3.8) is 0 Å². The SMILES string of the molecule is O=C(NCCCOc1ccccc1)N1CCN(c2nccs2)CC1. The Morgan fingerprint density at radius 3 is 2.71 bits per heavy atom. The van der Waals surface area contributed by atoms with Gasteiger partial charge < -0.3 is 19.9 Å². The normalized spacial score (nSPS) is 14.5. The molecule has 1 aliphatic rings. The van der Waals surface area contributed by atoms with Crippen LogP contribution >= 0.6 is 11.3 Å². The topological polar surface area (TPSA) is 57.7 Å². The quantitative estimate of drug-likeness (QED) is 0.816. The summed E-state index contributed by atoms with van der Waals surface area (Å²) in [6.07, 6.45) is 2.61. The molecular weight excluding hydrogens is 324 g/mol. The van der Waals surface area contributed by atoms with Gasteiger partial charge in [0.2, 0.25) is 0 Å². The van der Waals surface area contributed by atoms with Crippen molar-refractivity contribution in [2.24, 2.45) is 0 Å². The third-order valence-corrected chi connectivity index (χ3v) is 4.70. The molecule has 6 nitrogen and oxygen atoms in total. The smallest absolute Gasteiger partial charge is 0.317 e. The molecule has 0 spiro atoms. The molecule has 1 aromatic heterocycles. The van der Waals surface area contributed by atoms with Gasteiger partial charge in [-0.05, 0) is 18.6 Å². The number of amides is 2. The molecule has 0 saturated carbocycles. The van der Waals surface area contributed by atoms with Crippen molar-refractivity contribution in [1.29, 1.82) is 0 Å². The molecule has 24 heavy (non-hydrogen) atoms. The van der Waals surface area contributed by atoms with Crippen LogP contribution in [0.25, 0.3) is 0 Å². The number of para-hydroxylation sites is 1. The summed E-state index contributed by atoms with van der Waals surface area (Å²) in [6, 6.07) is 9.72. The van der Waals surface area contributed by atoms with Crippen molar-refractivity contribution in [2.75, 3.05) is 44.2 Å². The van der Waals surface area contributed by atoms with Crippen LogP contribution in [0.5, 0.6) is 5.75 Å². The molecule has 3 rings (SSSR count). The molecule has 1 aliphatic heterocycles. The standard InChI is InChI=1S/C17H22N4O2S/c22-16(18-7-4-13-23-15-5-2-1-3-6-15)20-9-11-21(12-10-20)17-19-8-14-24-17/h1-3,5-6,8,14H,4,7,9-13H2,(H,18,22). The number of thiazole rings is 1. The van der Waals surface area contributed by atoms with Gasteiger partial charge in [0.1, 0.15) is 5.75 Å². The number of carbonyl (C=O) groups excluding carboxylic acids is 1. The van der Waals surface area contributed by atoms with Gasteiger partial charge >= 0.3 is 6.03 Å². The first-order valence-electron chi connectivity index (χ1n) is 8.18. The molecule has 128 valence electrons. The molecular formula is C17H22N4O2S. The van der Waals surface area contributed by atoms with E-state index >= 15 is 0 Å². The van der Waals surface area contributed by atoms with Gasteiger partial charge in [-0.2, -0.15) is 0 Å². The fraction of sp³-hybridized carbons (Fsp3) is 0.412. The molecule has 1 saturated heterocycles. The van der Waals surface area contributed by atoms with Crippen LogP contribution in [0.4, 0.5) is 9.93 Å². The summed E-state index contributed by atoms with van der Waals surface area (Å²) in [6.45, 7) is 4.34. The minimum absolute atomic E-state index is 0.00787. The molecule has 0 radical (unpaired) electrons. The van der Waals surface area contributed by atoms with Crippen molar-refractivity contribution in [3.8, 4) is 5.75 Å². The van der Waals surface area contributed by atoms with Crippen LogP contribution < -0.4 is 15.0 Å². The van der Waals surface area contributed by atoms with Gasteiger partial charge in [0.25, 0.3) is 0 Å².